The van der Waals surface area contributed by atoms with Gasteiger partial charge >= 0.3 is 6.09 Å². The number of fused-ring (bicyclic) bond motifs is 1. The summed E-state index contributed by atoms with van der Waals surface area (Å²) in [5.41, 5.74) is 1.52. The topological polar surface area (TPSA) is 87.5 Å². The Morgan fingerprint density at radius 2 is 1.94 bits per heavy atom. The number of pyridine rings is 1. The number of ether oxygens (including phenoxy) is 1. The van der Waals surface area contributed by atoms with Crippen molar-refractivity contribution in [2.75, 3.05) is 37.7 Å². The molecule has 2 aliphatic heterocycles. The fourth-order valence-electron chi connectivity index (χ4n) is 4.10. The highest BCUT2D eigenvalue weighted by Crippen LogP contribution is 2.35. The number of hydrogen-bond donors (Lipinski definition) is 0. The molecule has 0 aromatic carbocycles. The van der Waals surface area contributed by atoms with E-state index in [0.717, 1.165) is 12.0 Å². The average molecular weight is 516 g/mol. The lowest BCUT2D eigenvalue weighted by molar-refractivity contribution is -0.123. The van der Waals surface area contributed by atoms with Crippen LogP contribution in [-0.2, 0) is 9.53 Å². The maximum Gasteiger partial charge on any atom is 0.409 e. The molecule has 0 radical (unpaired) electrons. The molecule has 2 amide bonds. The number of carbonyl (C=O) groups excluding carboxylic acids is 2. The second-order valence-electron chi connectivity index (χ2n) is 8.57. The third-order valence-electron chi connectivity index (χ3n) is 6.22. The number of anilines is 1. The van der Waals surface area contributed by atoms with Crippen LogP contribution >= 0.6 is 24.0 Å². The van der Waals surface area contributed by atoms with Crippen LogP contribution in [0.25, 0.3) is 11.7 Å². The van der Waals surface area contributed by atoms with Gasteiger partial charge in [-0.3, -0.25) is 18.9 Å². The van der Waals surface area contributed by atoms with Crippen LogP contribution in [0.15, 0.2) is 28.0 Å². The van der Waals surface area contributed by atoms with Crippen LogP contribution in [0.1, 0.15) is 38.3 Å². The van der Waals surface area contributed by atoms with Crippen molar-refractivity contribution in [3.05, 3.63) is 44.7 Å². The molecular weight excluding hydrogens is 486 g/mol. The van der Waals surface area contributed by atoms with Crippen LogP contribution in [-0.4, -0.2) is 74.3 Å². The Hall–Kier alpha value is -2.92. The molecule has 0 spiro atoms. The average Bonchev–Trinajstić information content (AvgIpc) is 3.13. The number of hydrogen-bond acceptors (Lipinski definition) is 8. The van der Waals surface area contributed by atoms with Gasteiger partial charge in [0, 0.05) is 38.4 Å². The van der Waals surface area contributed by atoms with Crippen molar-refractivity contribution < 1.29 is 14.3 Å². The number of thiocarbonyl (C=S) groups is 1. The molecule has 11 heteroatoms. The standard InChI is InChI=1S/C24H29N5O4S2/c1-5-16(4)29-22(31)18(35-24(29)34)13-17-20(25-19-8-7-15(3)14-28(19)21(17)30)26-9-11-27(12-10-26)23(32)33-6-2/h7-8,13-14,16H,5-6,9-12H2,1-4H3/b18-13+. The van der Waals surface area contributed by atoms with Crippen molar-refractivity contribution in [3.63, 3.8) is 0 Å². The molecular formula is C24H29N5O4S2. The van der Waals surface area contributed by atoms with Gasteiger partial charge in [0.25, 0.3) is 11.5 Å². The van der Waals surface area contributed by atoms with Gasteiger partial charge in [-0.1, -0.05) is 37.0 Å². The Balaban J connectivity index is 1.76. The monoisotopic (exact) mass is 515 g/mol. The van der Waals surface area contributed by atoms with Crippen molar-refractivity contribution in [2.45, 2.75) is 40.2 Å². The quantitative estimate of drug-likeness (QED) is 0.443. The van der Waals surface area contributed by atoms with Gasteiger partial charge in [-0.25, -0.2) is 9.78 Å². The summed E-state index contributed by atoms with van der Waals surface area (Å²) in [4.78, 5) is 49.4. The van der Waals surface area contributed by atoms with Crippen LogP contribution in [0, 0.1) is 6.92 Å². The summed E-state index contributed by atoms with van der Waals surface area (Å²) in [5.74, 6) is 0.303. The van der Waals surface area contributed by atoms with E-state index in [4.69, 9.17) is 21.9 Å². The van der Waals surface area contributed by atoms with Gasteiger partial charge in [0.2, 0.25) is 0 Å². The number of aryl methyl sites for hydroxylation is 1. The molecule has 0 N–H and O–H groups in total. The SMILES string of the molecule is CCOC(=O)N1CCN(c2nc3ccc(C)cn3c(=O)c2/C=C2/SC(=S)N(C(C)CC)C2=O)CC1. The minimum atomic E-state index is -0.344. The van der Waals surface area contributed by atoms with Gasteiger partial charge in [0.05, 0.1) is 17.1 Å². The molecule has 4 heterocycles. The molecule has 2 fully saturated rings. The number of carbonyl (C=O) groups is 2. The second kappa shape index (κ2) is 10.4. The van der Waals surface area contributed by atoms with Crippen molar-refractivity contribution in [1.29, 1.82) is 0 Å². The zero-order chi connectivity index (χ0) is 25.3. The van der Waals surface area contributed by atoms with Gasteiger partial charge in [-0.15, -0.1) is 0 Å². The number of nitrogens with zero attached hydrogens (tertiary/aromatic N) is 5. The zero-order valence-corrected chi connectivity index (χ0v) is 21.9. The predicted octanol–water partition coefficient (Wildman–Crippen LogP) is 3.28. The third-order valence-corrected chi connectivity index (χ3v) is 7.55. The van der Waals surface area contributed by atoms with E-state index in [2.05, 4.69) is 0 Å². The minimum absolute atomic E-state index is 0.0256. The van der Waals surface area contributed by atoms with E-state index < -0.39 is 0 Å². The van der Waals surface area contributed by atoms with E-state index in [1.165, 1.54) is 16.2 Å². The van der Waals surface area contributed by atoms with Gasteiger partial charge in [-0.2, -0.15) is 0 Å². The molecule has 2 aromatic heterocycles. The number of piperazine rings is 1. The van der Waals surface area contributed by atoms with Crippen molar-refractivity contribution >= 4 is 57.8 Å². The molecule has 186 valence electrons. The van der Waals surface area contributed by atoms with Crippen LogP contribution in [0.5, 0.6) is 0 Å². The largest absolute Gasteiger partial charge is 0.450 e. The highest BCUT2D eigenvalue weighted by atomic mass is 32.2. The molecule has 35 heavy (non-hydrogen) atoms. The molecule has 0 saturated carbocycles. The molecule has 2 saturated heterocycles. The first-order valence-corrected chi connectivity index (χ1v) is 12.9. The molecule has 1 atom stereocenters. The van der Waals surface area contributed by atoms with Gasteiger partial charge in [0.15, 0.2) is 0 Å². The molecule has 0 bridgehead atoms. The van der Waals surface area contributed by atoms with Crippen molar-refractivity contribution in [3.8, 4) is 0 Å². The predicted molar refractivity (Wildman–Crippen MR) is 142 cm³/mol. The molecule has 2 aromatic rings. The Kier molecular flexibility index (Phi) is 7.46. The Morgan fingerprint density at radius 1 is 1.23 bits per heavy atom. The molecule has 0 aliphatic carbocycles. The van der Waals surface area contributed by atoms with Crippen LogP contribution in [0.4, 0.5) is 10.6 Å². The fourth-order valence-corrected chi connectivity index (χ4v) is 5.55. The van der Waals surface area contributed by atoms with Crippen LogP contribution < -0.4 is 10.5 Å². The van der Waals surface area contributed by atoms with Crippen LogP contribution in [0.2, 0.25) is 0 Å². The van der Waals surface area contributed by atoms with E-state index in [0.29, 0.717) is 59.0 Å². The molecule has 2 aliphatic rings. The zero-order valence-electron chi connectivity index (χ0n) is 20.3. The smallest absolute Gasteiger partial charge is 0.409 e. The first-order chi connectivity index (χ1) is 16.7. The molecule has 9 nitrogen and oxygen atoms in total. The summed E-state index contributed by atoms with van der Waals surface area (Å²) in [6.45, 7) is 9.83. The van der Waals surface area contributed by atoms with E-state index in [-0.39, 0.29) is 23.6 Å². The Morgan fingerprint density at radius 3 is 2.60 bits per heavy atom. The van der Waals surface area contributed by atoms with E-state index in [9.17, 15) is 14.4 Å². The second-order valence-corrected chi connectivity index (χ2v) is 10.2. The van der Waals surface area contributed by atoms with Crippen molar-refractivity contribution in [1.82, 2.24) is 19.2 Å². The van der Waals surface area contributed by atoms with Gasteiger partial charge in [0.1, 0.15) is 15.8 Å². The highest BCUT2D eigenvalue weighted by Gasteiger charge is 2.35. The summed E-state index contributed by atoms with van der Waals surface area (Å²) in [6.07, 6.45) is 3.80. The van der Waals surface area contributed by atoms with E-state index in [1.807, 2.05) is 31.7 Å². The van der Waals surface area contributed by atoms with Crippen molar-refractivity contribution in [2.24, 2.45) is 0 Å². The van der Waals surface area contributed by atoms with Gasteiger partial charge in [-0.05, 0) is 44.9 Å². The maximum atomic E-state index is 13.6. The normalized spacial score (nSPS) is 18.6. The number of aromatic nitrogens is 2. The summed E-state index contributed by atoms with van der Waals surface area (Å²) in [6, 6.07) is 3.69. The maximum absolute atomic E-state index is 13.6. The first kappa shape index (κ1) is 25.2. The lowest BCUT2D eigenvalue weighted by Crippen LogP contribution is -2.49. The third kappa shape index (κ3) is 4.92. The summed E-state index contributed by atoms with van der Waals surface area (Å²) < 4.78 is 7.12. The summed E-state index contributed by atoms with van der Waals surface area (Å²) in [7, 11) is 0. The van der Waals surface area contributed by atoms with E-state index in [1.54, 1.807) is 35.1 Å². The van der Waals surface area contributed by atoms with Gasteiger partial charge < -0.3 is 14.5 Å². The molecule has 1 unspecified atom stereocenters. The number of thioether (sulfide) groups is 1. The summed E-state index contributed by atoms with van der Waals surface area (Å²) >= 11 is 6.67. The fraction of sp³-hybridized carbons (Fsp3) is 0.458. The van der Waals surface area contributed by atoms with Crippen LogP contribution in [0.3, 0.4) is 0 Å². The van der Waals surface area contributed by atoms with E-state index >= 15 is 0 Å². The lowest BCUT2D eigenvalue weighted by atomic mass is 10.2. The minimum Gasteiger partial charge on any atom is -0.450 e. The number of rotatable bonds is 5. The highest BCUT2D eigenvalue weighted by molar-refractivity contribution is 8.26. The Labute approximate surface area is 213 Å². The lowest BCUT2D eigenvalue weighted by Gasteiger charge is -2.35. The Bertz CT molecular complexity index is 1270. The summed E-state index contributed by atoms with van der Waals surface area (Å²) in [5, 5.41) is 0. The number of amides is 2. The first-order valence-electron chi connectivity index (χ1n) is 11.7. The molecule has 4 rings (SSSR count).